The van der Waals surface area contributed by atoms with Crippen molar-refractivity contribution in [3.05, 3.63) is 0 Å². The first-order chi connectivity index (χ1) is 11.9. The molecular formula is C17H31N5O2S. The summed E-state index contributed by atoms with van der Waals surface area (Å²) in [6.07, 6.45) is 0. The molecule has 1 amide bonds. The second-order valence-corrected chi connectivity index (χ2v) is 8.13. The topological polar surface area (TPSA) is 63.5 Å². The molecule has 1 unspecified atom stereocenters. The SMILES string of the molecule is CCn1c(SC(C)C(=O)N(C(C)C)C(C)C)nnc1N1CCOCC1. The third kappa shape index (κ3) is 4.67. The van der Waals surface area contributed by atoms with Gasteiger partial charge >= 0.3 is 0 Å². The Morgan fingerprint density at radius 1 is 1.16 bits per heavy atom. The van der Waals surface area contributed by atoms with Gasteiger partial charge in [-0.05, 0) is 41.5 Å². The highest BCUT2D eigenvalue weighted by Crippen LogP contribution is 2.27. The zero-order valence-corrected chi connectivity index (χ0v) is 17.0. The standard InChI is InChI=1S/C17H31N5O2S/c1-7-21-16(20-8-10-24-11-9-20)18-19-17(21)25-14(6)15(23)22(12(2)3)13(4)5/h12-14H,7-11H2,1-6H3. The molecule has 1 saturated heterocycles. The predicted octanol–water partition coefficient (Wildman–Crippen LogP) is 2.26. The Labute approximate surface area is 155 Å². The van der Waals surface area contributed by atoms with Gasteiger partial charge in [-0.25, -0.2) is 0 Å². The number of thioether (sulfide) groups is 1. The number of rotatable bonds is 7. The molecule has 25 heavy (non-hydrogen) atoms. The van der Waals surface area contributed by atoms with Gasteiger partial charge < -0.3 is 14.5 Å². The first-order valence-electron chi connectivity index (χ1n) is 9.11. The molecule has 7 nitrogen and oxygen atoms in total. The lowest BCUT2D eigenvalue weighted by molar-refractivity contribution is -0.133. The van der Waals surface area contributed by atoms with E-state index in [4.69, 9.17) is 4.74 Å². The van der Waals surface area contributed by atoms with Crippen LogP contribution in [0.15, 0.2) is 5.16 Å². The Morgan fingerprint density at radius 2 is 1.76 bits per heavy atom. The summed E-state index contributed by atoms with van der Waals surface area (Å²) in [4.78, 5) is 17.0. The van der Waals surface area contributed by atoms with Crippen molar-refractivity contribution in [2.75, 3.05) is 31.2 Å². The summed E-state index contributed by atoms with van der Waals surface area (Å²) in [5, 5.41) is 9.34. The third-order valence-electron chi connectivity index (χ3n) is 4.30. The number of amides is 1. The maximum Gasteiger partial charge on any atom is 0.236 e. The summed E-state index contributed by atoms with van der Waals surface area (Å²) >= 11 is 1.49. The molecule has 1 aliphatic rings. The Balaban J connectivity index is 2.13. The van der Waals surface area contributed by atoms with Crippen LogP contribution in [0.4, 0.5) is 5.95 Å². The lowest BCUT2D eigenvalue weighted by Gasteiger charge is -2.32. The van der Waals surface area contributed by atoms with Crippen LogP contribution in [0.5, 0.6) is 0 Å². The fourth-order valence-electron chi connectivity index (χ4n) is 3.17. The monoisotopic (exact) mass is 369 g/mol. The maximum absolute atomic E-state index is 12.9. The van der Waals surface area contributed by atoms with Crippen LogP contribution < -0.4 is 4.90 Å². The van der Waals surface area contributed by atoms with Crippen molar-refractivity contribution >= 4 is 23.6 Å². The van der Waals surface area contributed by atoms with Gasteiger partial charge in [0.2, 0.25) is 11.9 Å². The first-order valence-corrected chi connectivity index (χ1v) is 9.99. The van der Waals surface area contributed by atoms with Gasteiger partial charge in [-0.1, -0.05) is 11.8 Å². The fourth-order valence-corrected chi connectivity index (χ4v) is 4.13. The van der Waals surface area contributed by atoms with Crippen LogP contribution in [-0.2, 0) is 16.1 Å². The number of ether oxygens (including phenoxy) is 1. The van der Waals surface area contributed by atoms with Gasteiger partial charge in [-0.2, -0.15) is 0 Å². The van der Waals surface area contributed by atoms with Crippen LogP contribution in [0.1, 0.15) is 41.5 Å². The third-order valence-corrected chi connectivity index (χ3v) is 5.37. The van der Waals surface area contributed by atoms with Crippen LogP contribution in [0, 0.1) is 0 Å². The van der Waals surface area contributed by atoms with E-state index in [2.05, 4.69) is 54.3 Å². The van der Waals surface area contributed by atoms with Gasteiger partial charge in [0.05, 0.1) is 18.5 Å². The highest BCUT2D eigenvalue weighted by atomic mass is 32.2. The quantitative estimate of drug-likeness (QED) is 0.687. The molecule has 2 rings (SSSR count). The molecule has 8 heteroatoms. The molecule has 2 heterocycles. The number of hydrogen-bond acceptors (Lipinski definition) is 6. The molecule has 1 aromatic heterocycles. The minimum Gasteiger partial charge on any atom is -0.378 e. The second kappa shape index (κ2) is 8.89. The van der Waals surface area contributed by atoms with E-state index in [0.29, 0.717) is 13.2 Å². The van der Waals surface area contributed by atoms with E-state index in [-0.39, 0.29) is 23.2 Å². The smallest absolute Gasteiger partial charge is 0.236 e. The summed E-state index contributed by atoms with van der Waals surface area (Å²) in [6.45, 7) is 16.1. The first kappa shape index (κ1) is 20.0. The lowest BCUT2D eigenvalue weighted by Crippen LogP contribution is -2.45. The van der Waals surface area contributed by atoms with Gasteiger partial charge in [-0.15, -0.1) is 10.2 Å². The molecule has 1 aromatic rings. The highest BCUT2D eigenvalue weighted by Gasteiger charge is 2.28. The molecule has 0 bridgehead atoms. The summed E-state index contributed by atoms with van der Waals surface area (Å²) in [5.74, 6) is 1.02. The van der Waals surface area contributed by atoms with Crippen molar-refractivity contribution in [1.82, 2.24) is 19.7 Å². The van der Waals surface area contributed by atoms with Crippen molar-refractivity contribution in [3.8, 4) is 0 Å². The van der Waals surface area contributed by atoms with Crippen LogP contribution in [-0.4, -0.2) is 69.2 Å². The molecule has 1 fully saturated rings. The molecule has 1 atom stereocenters. The van der Waals surface area contributed by atoms with E-state index in [1.165, 1.54) is 11.8 Å². The number of hydrogen-bond donors (Lipinski definition) is 0. The van der Waals surface area contributed by atoms with E-state index < -0.39 is 0 Å². The minimum atomic E-state index is -0.197. The molecular weight excluding hydrogens is 338 g/mol. The van der Waals surface area contributed by atoms with Gasteiger partial charge in [0.1, 0.15) is 0 Å². The van der Waals surface area contributed by atoms with E-state index in [9.17, 15) is 4.79 Å². The normalized spacial score (nSPS) is 16.6. The highest BCUT2D eigenvalue weighted by molar-refractivity contribution is 8.00. The summed E-state index contributed by atoms with van der Waals surface area (Å²) in [6, 6.07) is 0.368. The van der Waals surface area contributed by atoms with Crippen molar-refractivity contribution in [3.63, 3.8) is 0 Å². The van der Waals surface area contributed by atoms with Crippen molar-refractivity contribution in [2.45, 2.75) is 70.6 Å². The Bertz CT molecular complexity index is 561. The zero-order valence-electron chi connectivity index (χ0n) is 16.2. The van der Waals surface area contributed by atoms with E-state index >= 15 is 0 Å². The summed E-state index contributed by atoms with van der Waals surface area (Å²) in [7, 11) is 0. The van der Waals surface area contributed by atoms with Crippen LogP contribution in [0.2, 0.25) is 0 Å². The Morgan fingerprint density at radius 3 is 2.28 bits per heavy atom. The maximum atomic E-state index is 12.9. The van der Waals surface area contributed by atoms with Gasteiger partial charge in [0.25, 0.3) is 0 Å². The van der Waals surface area contributed by atoms with Crippen molar-refractivity contribution in [2.24, 2.45) is 0 Å². The molecule has 0 aromatic carbocycles. The van der Waals surface area contributed by atoms with Crippen molar-refractivity contribution < 1.29 is 9.53 Å². The molecule has 0 saturated carbocycles. The number of nitrogens with zero attached hydrogens (tertiary/aromatic N) is 5. The number of carbonyl (C=O) groups excluding carboxylic acids is 1. The number of morpholine rings is 1. The van der Waals surface area contributed by atoms with Gasteiger partial charge in [0, 0.05) is 31.7 Å². The lowest BCUT2D eigenvalue weighted by atomic mass is 10.2. The molecule has 0 spiro atoms. The van der Waals surface area contributed by atoms with Crippen LogP contribution >= 0.6 is 11.8 Å². The van der Waals surface area contributed by atoms with Crippen LogP contribution in [0.3, 0.4) is 0 Å². The van der Waals surface area contributed by atoms with Gasteiger partial charge in [-0.3, -0.25) is 9.36 Å². The average molecular weight is 370 g/mol. The van der Waals surface area contributed by atoms with Gasteiger partial charge in [0.15, 0.2) is 5.16 Å². The molecule has 0 radical (unpaired) electrons. The molecule has 1 aliphatic heterocycles. The fraction of sp³-hybridized carbons (Fsp3) is 0.824. The Kier molecular flexibility index (Phi) is 7.13. The number of anilines is 1. The molecule has 142 valence electrons. The van der Waals surface area contributed by atoms with Crippen molar-refractivity contribution in [1.29, 1.82) is 0 Å². The second-order valence-electron chi connectivity index (χ2n) is 6.82. The predicted molar refractivity (Wildman–Crippen MR) is 101 cm³/mol. The largest absolute Gasteiger partial charge is 0.378 e. The number of aromatic nitrogens is 3. The molecule has 0 N–H and O–H groups in total. The average Bonchev–Trinajstić information content (AvgIpc) is 2.97. The number of carbonyl (C=O) groups is 1. The zero-order chi connectivity index (χ0) is 18.6. The summed E-state index contributed by atoms with van der Waals surface area (Å²) < 4.78 is 7.51. The van der Waals surface area contributed by atoms with Crippen LogP contribution in [0.25, 0.3) is 0 Å². The Hall–Kier alpha value is -1.28. The van der Waals surface area contributed by atoms with E-state index in [1.807, 2.05) is 11.8 Å². The van der Waals surface area contributed by atoms with E-state index in [0.717, 1.165) is 30.7 Å². The molecule has 0 aliphatic carbocycles. The van der Waals surface area contributed by atoms with E-state index in [1.54, 1.807) is 0 Å². The summed E-state index contributed by atoms with van der Waals surface area (Å²) in [5.41, 5.74) is 0. The minimum absolute atomic E-state index is 0.147.